The van der Waals surface area contributed by atoms with Crippen LogP contribution in [0, 0.1) is 5.21 Å². The van der Waals surface area contributed by atoms with Gasteiger partial charge in [-0.1, -0.05) is 0 Å². The molecule has 0 saturated heterocycles. The Kier molecular flexibility index (Phi) is 4.32. The SMILES string of the molecule is CC(C)(C)c1nc(C(=O)O)cc[n+]1[O-].[H-].[Li+]. The molecule has 0 aliphatic rings. The van der Waals surface area contributed by atoms with E-state index in [4.69, 9.17) is 5.11 Å². The Bertz CT molecular complexity index is 380. The van der Waals surface area contributed by atoms with Crippen LogP contribution in [0.1, 0.15) is 38.5 Å². The summed E-state index contributed by atoms with van der Waals surface area (Å²) in [5, 5.41) is 20.0. The molecule has 6 heteroatoms. The second-order valence-electron chi connectivity index (χ2n) is 4.02. The van der Waals surface area contributed by atoms with Crippen LogP contribution in [-0.4, -0.2) is 16.1 Å². The zero-order valence-electron chi connectivity index (χ0n) is 10.3. The van der Waals surface area contributed by atoms with E-state index in [0.29, 0.717) is 4.73 Å². The number of carbonyl (C=O) groups is 1. The number of hydrogen-bond acceptors (Lipinski definition) is 3. The summed E-state index contributed by atoms with van der Waals surface area (Å²) in [6, 6.07) is 1.19. The Morgan fingerprint density at radius 1 is 1.60 bits per heavy atom. The van der Waals surface area contributed by atoms with E-state index < -0.39 is 11.4 Å². The van der Waals surface area contributed by atoms with Gasteiger partial charge >= 0.3 is 30.7 Å². The Balaban J connectivity index is 0. The van der Waals surface area contributed by atoms with Gasteiger partial charge in [-0.05, 0) is 25.8 Å². The number of rotatable bonds is 1. The van der Waals surface area contributed by atoms with Gasteiger partial charge in [0.1, 0.15) is 0 Å². The molecule has 5 nitrogen and oxygen atoms in total. The first-order valence-electron chi connectivity index (χ1n) is 4.16. The van der Waals surface area contributed by atoms with Gasteiger partial charge in [0, 0.05) is 6.07 Å². The Morgan fingerprint density at radius 2 is 2.13 bits per heavy atom. The standard InChI is InChI=1S/C9H12N2O3.Li.H/c1-9(2,3)8-10-6(7(12)13)4-5-11(8)14;;/h4-5H,1-3H3,(H,12,13);;/q;+1;-1. The topological polar surface area (TPSA) is 77.1 Å². The van der Waals surface area contributed by atoms with E-state index >= 15 is 0 Å². The molecule has 0 atom stereocenters. The minimum atomic E-state index is -1.13. The molecule has 1 aromatic heterocycles. The number of carboxylic acids is 1. The van der Waals surface area contributed by atoms with Gasteiger partial charge < -0.3 is 11.7 Å². The molecule has 15 heavy (non-hydrogen) atoms. The minimum Gasteiger partial charge on any atom is -1.00 e. The summed E-state index contributed by atoms with van der Waals surface area (Å²) in [4.78, 5) is 14.4. The van der Waals surface area contributed by atoms with Crippen LogP contribution in [0.15, 0.2) is 12.3 Å². The smallest absolute Gasteiger partial charge is 1.00 e. The number of aromatic nitrogens is 2. The summed E-state index contributed by atoms with van der Waals surface area (Å²) in [6.07, 6.45) is 1.16. The zero-order valence-corrected chi connectivity index (χ0v) is 9.31. The van der Waals surface area contributed by atoms with Crippen molar-refractivity contribution in [3.63, 3.8) is 0 Å². The molecular weight excluding hydrogens is 191 g/mol. The molecule has 1 N–H and O–H groups in total. The van der Waals surface area contributed by atoms with Crippen LogP contribution in [0.3, 0.4) is 0 Å². The number of nitrogens with zero attached hydrogens (tertiary/aromatic N) is 2. The second-order valence-corrected chi connectivity index (χ2v) is 4.02. The van der Waals surface area contributed by atoms with E-state index in [2.05, 4.69) is 4.98 Å². The van der Waals surface area contributed by atoms with Gasteiger partial charge in [-0.3, -0.25) is 0 Å². The largest absolute Gasteiger partial charge is 1.00 e. The fourth-order valence-electron chi connectivity index (χ4n) is 1.03. The average Bonchev–Trinajstić information content (AvgIpc) is 2.02. The first-order chi connectivity index (χ1) is 6.32. The molecular formula is C9H13LiN2O3. The van der Waals surface area contributed by atoms with Crippen LogP contribution in [0.4, 0.5) is 0 Å². The maximum Gasteiger partial charge on any atom is 1.00 e. The van der Waals surface area contributed by atoms with E-state index in [-0.39, 0.29) is 31.8 Å². The van der Waals surface area contributed by atoms with Gasteiger partial charge in [0.25, 0.3) is 5.69 Å². The fraction of sp³-hybridized carbons (Fsp3) is 0.444. The Labute approximate surface area is 101 Å². The van der Waals surface area contributed by atoms with Crippen LogP contribution in [0.2, 0.25) is 0 Å². The molecule has 78 valence electrons. The van der Waals surface area contributed by atoms with Crippen LogP contribution in [0.25, 0.3) is 0 Å². The maximum absolute atomic E-state index is 11.3. The predicted octanol–water partition coefficient (Wildman–Crippen LogP) is -2.17. The minimum absolute atomic E-state index is 0. The van der Waals surface area contributed by atoms with Crippen molar-refractivity contribution in [2.45, 2.75) is 26.2 Å². The molecule has 0 fully saturated rings. The van der Waals surface area contributed by atoms with Gasteiger partial charge in [-0.15, -0.1) is 0 Å². The normalized spacial score (nSPS) is 10.6. The third-order valence-electron chi connectivity index (χ3n) is 1.69. The summed E-state index contributed by atoms with van der Waals surface area (Å²) in [6.45, 7) is 5.40. The van der Waals surface area contributed by atoms with Crippen molar-refractivity contribution >= 4 is 5.97 Å². The van der Waals surface area contributed by atoms with Gasteiger partial charge in [0.2, 0.25) is 0 Å². The molecule has 0 radical (unpaired) electrons. The van der Waals surface area contributed by atoms with Crippen LogP contribution in [-0.2, 0) is 5.41 Å². The average molecular weight is 204 g/mol. The van der Waals surface area contributed by atoms with Gasteiger partial charge in [0.05, 0.1) is 11.6 Å². The van der Waals surface area contributed by atoms with Gasteiger partial charge in [-0.25, -0.2) is 9.52 Å². The van der Waals surface area contributed by atoms with E-state index in [1.165, 1.54) is 6.07 Å². The number of hydrogen-bond donors (Lipinski definition) is 1. The molecule has 0 bridgehead atoms. The molecule has 0 spiro atoms. The Hall–Kier alpha value is -1.05. The first-order valence-corrected chi connectivity index (χ1v) is 4.16. The summed E-state index contributed by atoms with van der Waals surface area (Å²) in [5.74, 6) is -0.923. The summed E-state index contributed by atoms with van der Waals surface area (Å²) < 4.78 is 0.590. The third-order valence-corrected chi connectivity index (χ3v) is 1.69. The molecule has 0 amide bonds. The van der Waals surface area contributed by atoms with Crippen molar-refractivity contribution < 1.29 is 34.9 Å². The molecule has 1 aromatic rings. The van der Waals surface area contributed by atoms with Gasteiger partial charge in [-0.2, -0.15) is 0 Å². The quantitative estimate of drug-likeness (QED) is 0.321. The molecule has 1 heterocycles. The van der Waals surface area contributed by atoms with Gasteiger partial charge in [0.15, 0.2) is 0 Å². The van der Waals surface area contributed by atoms with Crippen LogP contribution >= 0.6 is 0 Å². The van der Waals surface area contributed by atoms with Crippen molar-refractivity contribution in [1.29, 1.82) is 0 Å². The molecule has 0 aliphatic heterocycles. The summed E-state index contributed by atoms with van der Waals surface area (Å²) in [5.41, 5.74) is -0.574. The molecule has 1 rings (SSSR count). The molecule has 0 aromatic carbocycles. The number of carboxylic acid groups (broad SMARTS) is 1. The monoisotopic (exact) mass is 204 g/mol. The summed E-state index contributed by atoms with van der Waals surface area (Å²) >= 11 is 0. The number of aromatic carboxylic acids is 1. The molecule has 0 unspecified atom stereocenters. The van der Waals surface area contributed by atoms with Crippen LogP contribution < -0.4 is 23.6 Å². The molecule has 0 aliphatic carbocycles. The van der Waals surface area contributed by atoms with Crippen molar-refractivity contribution in [2.24, 2.45) is 0 Å². The van der Waals surface area contributed by atoms with Crippen molar-refractivity contribution in [1.82, 2.24) is 4.98 Å². The zero-order chi connectivity index (χ0) is 10.9. The van der Waals surface area contributed by atoms with E-state index in [1.807, 2.05) is 0 Å². The van der Waals surface area contributed by atoms with Crippen molar-refractivity contribution in [3.05, 3.63) is 29.0 Å². The van der Waals surface area contributed by atoms with E-state index in [9.17, 15) is 10.0 Å². The second kappa shape index (κ2) is 4.64. The maximum atomic E-state index is 11.3. The van der Waals surface area contributed by atoms with E-state index in [0.717, 1.165) is 6.20 Å². The third kappa shape index (κ3) is 3.22. The predicted molar refractivity (Wildman–Crippen MR) is 50.0 cm³/mol. The first kappa shape index (κ1) is 13.9. The van der Waals surface area contributed by atoms with Crippen molar-refractivity contribution in [2.75, 3.05) is 0 Å². The van der Waals surface area contributed by atoms with Crippen molar-refractivity contribution in [3.8, 4) is 0 Å². The Morgan fingerprint density at radius 3 is 2.53 bits per heavy atom. The molecule has 0 saturated carbocycles. The van der Waals surface area contributed by atoms with E-state index in [1.54, 1.807) is 20.8 Å². The van der Waals surface area contributed by atoms with Crippen LogP contribution in [0.5, 0.6) is 0 Å². The fourth-order valence-corrected chi connectivity index (χ4v) is 1.03. The summed E-state index contributed by atoms with van der Waals surface area (Å²) in [7, 11) is 0.